The number of fused-ring (bicyclic) bond motifs is 18. The zero-order valence-corrected chi connectivity index (χ0v) is 59.1. The number of nitrogens with zero attached hydrogens (tertiary/aromatic N) is 6. The Morgan fingerprint density at radius 3 is 0.991 bits per heavy atom. The van der Waals surface area contributed by atoms with Crippen LogP contribution in [-0.4, -0.2) is 19.9 Å². The molecule has 2 spiro atoms. The first kappa shape index (κ1) is 63.5. The van der Waals surface area contributed by atoms with Gasteiger partial charge in [0, 0.05) is 72.3 Å². The molecule has 4 aliphatic rings. The molecule has 1 unspecified atom stereocenters. The molecular weight excluding hydrogens is 1340 g/mol. The lowest BCUT2D eigenvalue weighted by Crippen LogP contribution is -2.32. The van der Waals surface area contributed by atoms with Crippen LogP contribution in [-0.2, 0) is 10.8 Å². The summed E-state index contributed by atoms with van der Waals surface area (Å²) in [7, 11) is 0. The number of hydrogen-bond acceptors (Lipinski definition) is 8. The van der Waals surface area contributed by atoms with Crippen molar-refractivity contribution in [1.82, 2.24) is 19.9 Å². The molecule has 2 aliphatic heterocycles. The Balaban J connectivity index is 0.730. The molecule has 15 aromatic carbocycles. The van der Waals surface area contributed by atoms with Gasteiger partial charge in [0.05, 0.1) is 56.9 Å². The Kier molecular flexibility index (Phi) is 14.7. The van der Waals surface area contributed by atoms with E-state index in [1.54, 1.807) is 0 Å². The maximum absolute atomic E-state index is 10.0. The minimum Gasteiger partial charge on any atom is -0.455 e. The summed E-state index contributed by atoms with van der Waals surface area (Å²) in [5.41, 5.74) is 29.1. The summed E-state index contributed by atoms with van der Waals surface area (Å²) in [5, 5.41) is 20.0. The lowest BCUT2D eigenvalue weighted by Gasteiger charge is -2.41. The molecular formula is C102H60N6O2. The Labute approximate surface area is 636 Å². The first-order valence-electron chi connectivity index (χ1n) is 36.9. The zero-order chi connectivity index (χ0) is 73.0. The van der Waals surface area contributed by atoms with Crippen molar-refractivity contribution in [1.29, 1.82) is 10.5 Å². The minimum atomic E-state index is -0.892. The van der Waals surface area contributed by atoms with E-state index in [2.05, 4.69) is 273 Å². The van der Waals surface area contributed by atoms with E-state index in [0.717, 1.165) is 157 Å². The lowest BCUT2D eigenvalue weighted by molar-refractivity contribution is 0.439. The van der Waals surface area contributed by atoms with Crippen LogP contribution in [0.3, 0.4) is 0 Å². The van der Waals surface area contributed by atoms with Crippen molar-refractivity contribution in [3.05, 3.63) is 420 Å². The highest BCUT2D eigenvalue weighted by molar-refractivity contribution is 6.00. The molecule has 0 fully saturated rings. The quantitative estimate of drug-likeness (QED) is 0.133. The Bertz CT molecular complexity index is 6620. The van der Waals surface area contributed by atoms with Crippen molar-refractivity contribution < 1.29 is 9.47 Å². The molecule has 8 heteroatoms. The van der Waals surface area contributed by atoms with E-state index >= 15 is 0 Å². The SMILES string of the molecule is N#Cc1ccc(-c2cccc3c2Oc2c(-c4cc(-c5cccc(-c6cccc7c6-c6ccccc6C76c7cccc(-c8ccc(C#N)cc8)c7Oc7c(-c8ccc(-c9cc(-c%10ccccc%10)nc(-c%10ccccc%10)n9)cc8)cccc76)c5)nc(-c5ccccc5)n4)cccc2C32c3ccccc3-c3ccccc32)cc1. The first-order valence-corrected chi connectivity index (χ1v) is 36.9. The van der Waals surface area contributed by atoms with E-state index in [0.29, 0.717) is 34.2 Å². The van der Waals surface area contributed by atoms with Crippen LogP contribution in [0.25, 0.3) is 135 Å². The Hall–Kier alpha value is -15.0. The van der Waals surface area contributed by atoms with Crippen molar-refractivity contribution in [3.63, 3.8) is 0 Å². The maximum atomic E-state index is 10.0. The van der Waals surface area contributed by atoms with Gasteiger partial charge in [0.1, 0.15) is 23.0 Å². The largest absolute Gasteiger partial charge is 0.455 e. The molecule has 4 heterocycles. The van der Waals surface area contributed by atoms with Crippen LogP contribution >= 0.6 is 0 Å². The summed E-state index contributed by atoms with van der Waals surface area (Å²) in [6, 6.07) is 132. The molecule has 2 aromatic heterocycles. The van der Waals surface area contributed by atoms with Gasteiger partial charge in [-0.1, -0.05) is 315 Å². The Morgan fingerprint density at radius 1 is 0.209 bits per heavy atom. The van der Waals surface area contributed by atoms with Crippen molar-refractivity contribution in [3.8, 4) is 170 Å². The number of ether oxygens (including phenoxy) is 2. The van der Waals surface area contributed by atoms with E-state index < -0.39 is 10.8 Å². The predicted octanol–water partition coefficient (Wildman–Crippen LogP) is 24.6. The van der Waals surface area contributed by atoms with Crippen LogP contribution in [0.15, 0.2) is 364 Å². The van der Waals surface area contributed by atoms with Crippen LogP contribution in [0.2, 0.25) is 0 Å². The van der Waals surface area contributed by atoms with Crippen LogP contribution in [0.5, 0.6) is 23.0 Å². The highest BCUT2D eigenvalue weighted by Gasteiger charge is 2.54. The van der Waals surface area contributed by atoms with Crippen molar-refractivity contribution in [2.75, 3.05) is 0 Å². The predicted molar refractivity (Wildman–Crippen MR) is 436 cm³/mol. The smallest absolute Gasteiger partial charge is 0.160 e. The molecule has 1 atom stereocenters. The fourth-order valence-corrected chi connectivity index (χ4v) is 17.7. The fraction of sp³-hybridized carbons (Fsp3) is 0.0196. The van der Waals surface area contributed by atoms with E-state index in [-0.39, 0.29) is 0 Å². The number of hydrogen-bond donors (Lipinski definition) is 0. The average molecular weight is 1400 g/mol. The highest BCUT2D eigenvalue weighted by atomic mass is 16.5. The van der Waals surface area contributed by atoms with Crippen LogP contribution in [0.1, 0.15) is 55.6 Å². The number of benzene rings is 15. The second kappa shape index (κ2) is 25.4. The van der Waals surface area contributed by atoms with Crippen LogP contribution in [0.4, 0.5) is 0 Å². The molecule has 8 nitrogen and oxygen atoms in total. The van der Waals surface area contributed by atoms with E-state index in [1.165, 1.54) is 22.3 Å². The van der Waals surface area contributed by atoms with Gasteiger partial charge in [-0.25, -0.2) is 19.9 Å². The Morgan fingerprint density at radius 2 is 0.509 bits per heavy atom. The summed E-state index contributed by atoms with van der Waals surface area (Å²) in [5.74, 6) is 4.18. The molecule has 0 radical (unpaired) electrons. The summed E-state index contributed by atoms with van der Waals surface area (Å²) in [6.45, 7) is 0. The van der Waals surface area contributed by atoms with Crippen LogP contribution in [0, 0.1) is 22.7 Å². The van der Waals surface area contributed by atoms with E-state index in [4.69, 9.17) is 29.4 Å². The monoisotopic (exact) mass is 1400 g/mol. The molecule has 110 heavy (non-hydrogen) atoms. The number of nitriles is 2. The van der Waals surface area contributed by atoms with Gasteiger partial charge in [-0.15, -0.1) is 0 Å². The molecule has 0 N–H and O–H groups in total. The second-order valence-electron chi connectivity index (χ2n) is 28.4. The molecule has 0 saturated carbocycles. The second-order valence-corrected chi connectivity index (χ2v) is 28.4. The number of rotatable bonds is 10. The van der Waals surface area contributed by atoms with Gasteiger partial charge in [-0.05, 0) is 121 Å². The number of para-hydroxylation sites is 4. The molecule has 2 aliphatic carbocycles. The summed E-state index contributed by atoms with van der Waals surface area (Å²) in [4.78, 5) is 21.4. The van der Waals surface area contributed by atoms with Crippen molar-refractivity contribution in [2.24, 2.45) is 0 Å². The van der Waals surface area contributed by atoms with Crippen molar-refractivity contribution >= 4 is 0 Å². The van der Waals surface area contributed by atoms with Gasteiger partial charge in [0.15, 0.2) is 11.6 Å². The van der Waals surface area contributed by atoms with Gasteiger partial charge < -0.3 is 9.47 Å². The average Bonchev–Trinajstić information content (AvgIpc) is 1.24. The van der Waals surface area contributed by atoms with Gasteiger partial charge in [-0.3, -0.25) is 0 Å². The molecule has 17 aromatic rings. The maximum Gasteiger partial charge on any atom is 0.160 e. The van der Waals surface area contributed by atoms with Crippen LogP contribution < -0.4 is 9.47 Å². The number of aromatic nitrogens is 4. The lowest BCUT2D eigenvalue weighted by atomic mass is 9.65. The topological polar surface area (TPSA) is 118 Å². The standard InChI is InChI=1S/C102H60N6O2/c103-61-63-46-50-65(51-47-63)75-34-18-42-86-95(75)110-98-81(37-21-45-89(98)101(86)82-38-13-10-30-78(82)79-31-11-14-39-83(79)101)93-60-92(107-100(108-93)71-26-8-3-9-27-71)73-29-16-28-72(58-73)74-33-17-41-85-94(74)80-32-12-15-40-84(80)102(85)87-43-19-35-76(66-52-48-64(62-104)49-53-66)96(87)109-97-77(36-20-44-88(97)102)67-54-56-69(57-55-67)91-59-90(68-22-4-1-5-23-68)105-99(106-91)70-24-6-2-7-25-70/h1-60H. The van der Waals surface area contributed by atoms with Gasteiger partial charge in [0.2, 0.25) is 0 Å². The molecule has 0 bridgehead atoms. The van der Waals surface area contributed by atoms with Crippen molar-refractivity contribution in [2.45, 2.75) is 10.8 Å². The first-order chi connectivity index (χ1) is 54.4. The molecule has 21 rings (SSSR count). The third-order valence-electron chi connectivity index (χ3n) is 22.6. The summed E-state index contributed by atoms with van der Waals surface area (Å²) in [6.07, 6.45) is 0. The van der Waals surface area contributed by atoms with E-state index in [9.17, 15) is 10.5 Å². The summed E-state index contributed by atoms with van der Waals surface area (Å²) < 4.78 is 15.3. The fourth-order valence-electron chi connectivity index (χ4n) is 17.7. The molecule has 0 amide bonds. The minimum absolute atomic E-state index is 0.575. The van der Waals surface area contributed by atoms with Gasteiger partial charge in [-0.2, -0.15) is 10.5 Å². The highest BCUT2D eigenvalue weighted by Crippen LogP contribution is 2.67. The summed E-state index contributed by atoms with van der Waals surface area (Å²) >= 11 is 0. The zero-order valence-electron chi connectivity index (χ0n) is 59.1. The normalized spacial score (nSPS) is 13.9. The molecule has 0 saturated heterocycles. The van der Waals surface area contributed by atoms with E-state index in [1.807, 2.05) is 103 Å². The molecule has 510 valence electrons. The third-order valence-corrected chi connectivity index (χ3v) is 22.6. The third kappa shape index (κ3) is 9.77. The van der Waals surface area contributed by atoms with Gasteiger partial charge in [0.25, 0.3) is 0 Å². The van der Waals surface area contributed by atoms with Gasteiger partial charge >= 0.3 is 0 Å².